The molecule has 0 saturated heterocycles. The number of amides is 2. The van der Waals surface area contributed by atoms with Gasteiger partial charge >= 0.3 is 6.03 Å². The quantitative estimate of drug-likeness (QED) is 0.306. The summed E-state index contributed by atoms with van der Waals surface area (Å²) in [6.07, 6.45) is 0. The average Bonchev–Trinajstić information content (AvgIpc) is 2.59. The first-order valence-electron chi connectivity index (χ1n) is 7.62. The molecule has 0 radical (unpaired) electrons. The summed E-state index contributed by atoms with van der Waals surface area (Å²) in [5.74, 6) is 0. The van der Waals surface area contributed by atoms with Gasteiger partial charge in [0, 0.05) is 11.1 Å². The van der Waals surface area contributed by atoms with Crippen molar-refractivity contribution in [3.63, 3.8) is 0 Å². The van der Waals surface area contributed by atoms with Crippen LogP contribution in [0.15, 0.2) is 69.7 Å². The summed E-state index contributed by atoms with van der Waals surface area (Å²) in [5, 5.41) is 11.4. The molecule has 0 aliphatic carbocycles. The third-order valence-electron chi connectivity index (χ3n) is 3.66. The van der Waals surface area contributed by atoms with E-state index in [0.717, 1.165) is 0 Å². The molecule has 27 heavy (non-hydrogen) atoms. The van der Waals surface area contributed by atoms with E-state index in [2.05, 4.69) is 15.5 Å². The minimum Gasteiger partial charge on any atom is -0.399 e. The standard InChI is InChI=1S/C17H15N5O4S/c18-11-5-7-14(15(8-11)20-17(19)23)22-21-12-6-4-10-2-1-3-16(13(10)9-12)27(24,25)26/h1-9H,18H2,(H3,19,20,23)(H,24,25,26). The summed E-state index contributed by atoms with van der Waals surface area (Å²) >= 11 is 0. The second kappa shape index (κ2) is 7.02. The summed E-state index contributed by atoms with van der Waals surface area (Å²) < 4.78 is 32.5. The van der Waals surface area contributed by atoms with Crippen LogP contribution in [0.4, 0.5) is 27.5 Å². The third-order valence-corrected chi connectivity index (χ3v) is 4.57. The number of hydrogen-bond acceptors (Lipinski definition) is 6. The van der Waals surface area contributed by atoms with Crippen molar-refractivity contribution in [3.05, 3.63) is 54.6 Å². The van der Waals surface area contributed by atoms with Gasteiger partial charge in [-0.25, -0.2) is 4.79 Å². The van der Waals surface area contributed by atoms with Crippen molar-refractivity contribution in [1.82, 2.24) is 0 Å². The normalized spacial score (nSPS) is 11.7. The number of carbonyl (C=O) groups excluding carboxylic acids is 1. The maximum atomic E-state index is 11.6. The number of nitrogen functional groups attached to an aromatic ring is 1. The Morgan fingerprint density at radius 3 is 2.52 bits per heavy atom. The molecule has 0 atom stereocenters. The van der Waals surface area contributed by atoms with Gasteiger partial charge in [0.05, 0.1) is 11.4 Å². The zero-order valence-electron chi connectivity index (χ0n) is 13.8. The minimum absolute atomic E-state index is 0.222. The first-order valence-corrected chi connectivity index (χ1v) is 9.06. The lowest BCUT2D eigenvalue weighted by atomic mass is 10.1. The first-order chi connectivity index (χ1) is 12.7. The van der Waals surface area contributed by atoms with E-state index in [9.17, 15) is 17.8 Å². The summed E-state index contributed by atoms with van der Waals surface area (Å²) in [6.45, 7) is 0. The number of urea groups is 1. The van der Waals surface area contributed by atoms with Crippen molar-refractivity contribution >= 4 is 49.7 Å². The van der Waals surface area contributed by atoms with Crippen LogP contribution >= 0.6 is 0 Å². The smallest absolute Gasteiger partial charge is 0.316 e. The SMILES string of the molecule is NC(=O)Nc1cc(N)ccc1N=Nc1ccc2cccc(S(=O)(=O)O)c2c1. The molecule has 138 valence electrons. The van der Waals surface area contributed by atoms with Gasteiger partial charge in [0.25, 0.3) is 10.1 Å². The molecule has 0 spiro atoms. The number of rotatable bonds is 4. The Morgan fingerprint density at radius 1 is 1.04 bits per heavy atom. The van der Waals surface area contributed by atoms with Crippen molar-refractivity contribution in [2.75, 3.05) is 11.1 Å². The molecular formula is C17H15N5O4S. The molecule has 0 heterocycles. The zero-order valence-corrected chi connectivity index (χ0v) is 14.6. The second-order valence-corrected chi connectivity index (χ2v) is 6.99. The van der Waals surface area contributed by atoms with Crippen LogP contribution in [0.3, 0.4) is 0 Å². The molecule has 3 rings (SSSR count). The second-order valence-electron chi connectivity index (χ2n) is 5.60. The van der Waals surface area contributed by atoms with Crippen LogP contribution in [-0.2, 0) is 10.1 Å². The molecule has 0 aromatic heterocycles. The Balaban J connectivity index is 2.04. The van der Waals surface area contributed by atoms with Crippen LogP contribution in [0, 0.1) is 0 Å². The largest absolute Gasteiger partial charge is 0.399 e. The van der Waals surface area contributed by atoms with E-state index in [1.807, 2.05) is 0 Å². The minimum atomic E-state index is -4.39. The Morgan fingerprint density at radius 2 is 1.81 bits per heavy atom. The highest BCUT2D eigenvalue weighted by Gasteiger charge is 2.14. The fourth-order valence-electron chi connectivity index (χ4n) is 2.50. The molecule has 9 nitrogen and oxygen atoms in total. The number of azo groups is 1. The molecule has 0 aliphatic rings. The van der Waals surface area contributed by atoms with Gasteiger partial charge < -0.3 is 16.8 Å². The number of nitrogens with one attached hydrogen (secondary N) is 1. The lowest BCUT2D eigenvalue weighted by molar-refractivity contribution is 0.259. The van der Waals surface area contributed by atoms with E-state index in [-0.39, 0.29) is 10.6 Å². The molecule has 6 N–H and O–H groups in total. The number of anilines is 2. The van der Waals surface area contributed by atoms with Crippen molar-refractivity contribution < 1.29 is 17.8 Å². The van der Waals surface area contributed by atoms with Gasteiger partial charge in [-0.15, -0.1) is 5.11 Å². The van der Waals surface area contributed by atoms with Gasteiger partial charge in [-0.2, -0.15) is 13.5 Å². The number of nitrogens with zero attached hydrogens (tertiary/aromatic N) is 2. The van der Waals surface area contributed by atoms with Gasteiger partial charge in [0.2, 0.25) is 0 Å². The Kier molecular flexibility index (Phi) is 4.75. The van der Waals surface area contributed by atoms with Gasteiger partial charge in [-0.3, -0.25) is 4.55 Å². The molecule has 10 heteroatoms. The van der Waals surface area contributed by atoms with E-state index >= 15 is 0 Å². The Hall–Kier alpha value is -3.50. The summed E-state index contributed by atoms with van der Waals surface area (Å²) in [5.41, 5.74) is 12.2. The van der Waals surface area contributed by atoms with Crippen LogP contribution in [0.5, 0.6) is 0 Å². The van der Waals surface area contributed by atoms with Crippen LogP contribution in [0.25, 0.3) is 10.8 Å². The van der Waals surface area contributed by atoms with Gasteiger partial charge in [0.1, 0.15) is 10.6 Å². The number of primary amides is 1. The predicted octanol–water partition coefficient (Wildman–Crippen LogP) is 3.57. The topological polar surface area (TPSA) is 160 Å². The summed E-state index contributed by atoms with van der Waals surface area (Å²) in [4.78, 5) is 10.9. The predicted molar refractivity (Wildman–Crippen MR) is 102 cm³/mol. The van der Waals surface area contributed by atoms with Gasteiger partial charge in [-0.1, -0.05) is 18.2 Å². The first kappa shape index (κ1) is 18.3. The average molecular weight is 385 g/mol. The van der Waals surface area contributed by atoms with Crippen LogP contribution < -0.4 is 16.8 Å². The third kappa shape index (κ3) is 4.19. The number of nitrogens with two attached hydrogens (primary N) is 2. The van der Waals surface area contributed by atoms with E-state index in [0.29, 0.717) is 27.8 Å². The fraction of sp³-hybridized carbons (Fsp3) is 0. The Labute approximate surface area is 154 Å². The number of fused-ring (bicyclic) bond motifs is 1. The van der Waals surface area contributed by atoms with Crippen molar-refractivity contribution in [2.45, 2.75) is 4.90 Å². The fourth-order valence-corrected chi connectivity index (χ4v) is 3.21. The van der Waals surface area contributed by atoms with Crippen molar-refractivity contribution in [3.8, 4) is 0 Å². The van der Waals surface area contributed by atoms with Crippen LogP contribution in [0.2, 0.25) is 0 Å². The molecule has 0 unspecified atom stereocenters. The van der Waals surface area contributed by atoms with Crippen LogP contribution in [0.1, 0.15) is 0 Å². The number of benzene rings is 3. The maximum Gasteiger partial charge on any atom is 0.316 e. The zero-order chi connectivity index (χ0) is 19.6. The number of hydrogen-bond donors (Lipinski definition) is 4. The highest BCUT2D eigenvalue weighted by Crippen LogP contribution is 2.31. The molecule has 0 saturated carbocycles. The van der Waals surface area contributed by atoms with Crippen molar-refractivity contribution in [2.24, 2.45) is 16.0 Å². The molecule has 3 aromatic carbocycles. The lowest BCUT2D eigenvalue weighted by Gasteiger charge is -2.06. The highest BCUT2D eigenvalue weighted by molar-refractivity contribution is 7.86. The lowest BCUT2D eigenvalue weighted by Crippen LogP contribution is -2.19. The van der Waals surface area contributed by atoms with E-state index in [1.165, 1.54) is 24.3 Å². The van der Waals surface area contributed by atoms with Gasteiger partial charge in [0.15, 0.2) is 0 Å². The van der Waals surface area contributed by atoms with E-state index < -0.39 is 16.1 Å². The van der Waals surface area contributed by atoms with Gasteiger partial charge in [-0.05, 0) is 41.8 Å². The van der Waals surface area contributed by atoms with E-state index in [4.69, 9.17) is 11.5 Å². The summed E-state index contributed by atoms with van der Waals surface area (Å²) in [7, 11) is -4.39. The molecule has 0 aliphatic heterocycles. The molecule has 3 aromatic rings. The maximum absolute atomic E-state index is 11.6. The summed E-state index contributed by atoms with van der Waals surface area (Å²) in [6, 6.07) is 13.2. The monoisotopic (exact) mass is 385 g/mol. The Bertz CT molecular complexity index is 1180. The molecule has 0 fully saturated rings. The molecule has 2 amide bonds. The van der Waals surface area contributed by atoms with Crippen LogP contribution in [-0.4, -0.2) is 19.0 Å². The van der Waals surface area contributed by atoms with E-state index in [1.54, 1.807) is 30.3 Å². The highest BCUT2D eigenvalue weighted by atomic mass is 32.2. The molecule has 0 bridgehead atoms. The number of carbonyl (C=O) groups is 1. The molecular weight excluding hydrogens is 370 g/mol. The van der Waals surface area contributed by atoms with Crippen molar-refractivity contribution in [1.29, 1.82) is 0 Å².